The Morgan fingerprint density at radius 2 is 1.52 bits per heavy atom. The van der Waals surface area contributed by atoms with Crippen LogP contribution in [0.2, 0.25) is 0 Å². The Morgan fingerprint density at radius 3 is 2.35 bits per heavy atom. The molecule has 5 rings (SSSR count). The fraction of sp³-hybridized carbons (Fsp3) is 0.185. The highest BCUT2D eigenvalue weighted by Crippen LogP contribution is 2.31. The average molecular weight is 409 g/mol. The number of likely N-dealkylation sites (tertiary alicyclic amines) is 1. The van der Waals surface area contributed by atoms with Crippen LogP contribution < -0.4 is 4.90 Å². The van der Waals surface area contributed by atoms with Gasteiger partial charge in [-0.15, -0.1) is 0 Å². The number of carbonyl (C=O) groups excluding carboxylic acids is 2. The first-order chi connectivity index (χ1) is 15.2. The van der Waals surface area contributed by atoms with Gasteiger partial charge in [0, 0.05) is 24.4 Å². The molecule has 3 aromatic rings. The van der Waals surface area contributed by atoms with Gasteiger partial charge in [-0.2, -0.15) is 0 Å². The van der Waals surface area contributed by atoms with Crippen LogP contribution in [0.4, 0.5) is 5.69 Å². The molecule has 1 saturated heterocycles. The molecule has 0 aliphatic carbocycles. The van der Waals surface area contributed by atoms with Crippen LogP contribution in [-0.4, -0.2) is 23.3 Å². The van der Waals surface area contributed by atoms with E-state index in [2.05, 4.69) is 35.2 Å². The summed E-state index contributed by atoms with van der Waals surface area (Å²) in [6.07, 6.45) is 3.06. The molecule has 4 nitrogen and oxygen atoms in total. The lowest BCUT2D eigenvalue weighted by atomic mass is 9.98. The SMILES string of the molecule is O=C1C/C(=C\c2ccccc2N2CCc3ccccc3C2)C(=O)N1Cc1ccccc1. The maximum Gasteiger partial charge on any atom is 0.257 e. The van der Waals surface area contributed by atoms with Crippen LogP contribution in [0.3, 0.4) is 0 Å². The van der Waals surface area contributed by atoms with Gasteiger partial charge in [-0.25, -0.2) is 0 Å². The number of rotatable bonds is 4. The lowest BCUT2D eigenvalue weighted by molar-refractivity contribution is -0.138. The number of nitrogens with zero attached hydrogens (tertiary/aromatic N) is 2. The van der Waals surface area contributed by atoms with E-state index >= 15 is 0 Å². The lowest BCUT2D eigenvalue weighted by Crippen LogP contribution is -2.30. The number of hydrogen-bond donors (Lipinski definition) is 0. The summed E-state index contributed by atoms with van der Waals surface area (Å²) in [4.78, 5) is 29.3. The van der Waals surface area contributed by atoms with Gasteiger partial charge >= 0.3 is 0 Å². The number of benzene rings is 3. The van der Waals surface area contributed by atoms with Crippen LogP contribution in [0.1, 0.15) is 28.7 Å². The van der Waals surface area contributed by atoms with Crippen LogP contribution in [0, 0.1) is 0 Å². The van der Waals surface area contributed by atoms with Gasteiger partial charge in [-0.05, 0) is 40.8 Å². The predicted molar refractivity (Wildman–Crippen MR) is 122 cm³/mol. The molecule has 0 aromatic heterocycles. The number of hydrogen-bond acceptors (Lipinski definition) is 3. The number of fused-ring (bicyclic) bond motifs is 1. The highest BCUT2D eigenvalue weighted by Gasteiger charge is 2.33. The van der Waals surface area contributed by atoms with Gasteiger partial charge in [-0.1, -0.05) is 72.8 Å². The van der Waals surface area contributed by atoms with Gasteiger partial charge < -0.3 is 4.90 Å². The summed E-state index contributed by atoms with van der Waals surface area (Å²) in [7, 11) is 0. The molecule has 0 N–H and O–H groups in total. The topological polar surface area (TPSA) is 40.6 Å². The van der Waals surface area contributed by atoms with Crippen LogP contribution in [0.15, 0.2) is 84.4 Å². The average Bonchev–Trinajstić information content (AvgIpc) is 3.07. The quantitative estimate of drug-likeness (QED) is 0.468. The maximum absolute atomic E-state index is 13.0. The van der Waals surface area contributed by atoms with E-state index in [0.717, 1.165) is 36.3 Å². The highest BCUT2D eigenvalue weighted by atomic mass is 16.2. The molecule has 31 heavy (non-hydrogen) atoms. The molecule has 2 aliphatic rings. The fourth-order valence-electron chi connectivity index (χ4n) is 4.45. The van der Waals surface area contributed by atoms with Gasteiger partial charge in [0.25, 0.3) is 5.91 Å². The zero-order valence-electron chi connectivity index (χ0n) is 17.3. The summed E-state index contributed by atoms with van der Waals surface area (Å²) < 4.78 is 0. The normalized spacial score (nSPS) is 17.4. The number of carbonyl (C=O) groups is 2. The van der Waals surface area contributed by atoms with Crippen molar-refractivity contribution in [1.29, 1.82) is 0 Å². The Bertz CT molecular complexity index is 1170. The molecule has 4 heteroatoms. The molecular formula is C27H24N2O2. The first-order valence-electron chi connectivity index (χ1n) is 10.7. The van der Waals surface area contributed by atoms with Gasteiger partial charge in [0.05, 0.1) is 13.0 Å². The molecule has 2 aliphatic heterocycles. The van der Waals surface area contributed by atoms with Crippen molar-refractivity contribution >= 4 is 23.6 Å². The number of para-hydroxylation sites is 1. The van der Waals surface area contributed by atoms with E-state index in [9.17, 15) is 9.59 Å². The van der Waals surface area contributed by atoms with Crippen molar-refractivity contribution in [2.45, 2.75) is 25.9 Å². The first-order valence-corrected chi connectivity index (χ1v) is 10.7. The van der Waals surface area contributed by atoms with Crippen molar-refractivity contribution in [1.82, 2.24) is 4.90 Å². The van der Waals surface area contributed by atoms with Gasteiger partial charge in [-0.3, -0.25) is 14.5 Å². The van der Waals surface area contributed by atoms with Gasteiger partial charge in [0.2, 0.25) is 5.91 Å². The fourth-order valence-corrected chi connectivity index (χ4v) is 4.45. The molecule has 2 heterocycles. The predicted octanol–water partition coefficient (Wildman–Crippen LogP) is 4.59. The summed E-state index contributed by atoms with van der Waals surface area (Å²) in [6, 6.07) is 26.3. The maximum atomic E-state index is 13.0. The van der Waals surface area contributed by atoms with Crippen LogP contribution in [0.25, 0.3) is 6.08 Å². The Morgan fingerprint density at radius 1 is 0.806 bits per heavy atom. The van der Waals surface area contributed by atoms with Crippen molar-refractivity contribution in [3.05, 3.63) is 107 Å². The molecular weight excluding hydrogens is 384 g/mol. The summed E-state index contributed by atoms with van der Waals surface area (Å²) in [5, 5.41) is 0. The Hall–Kier alpha value is -3.66. The largest absolute Gasteiger partial charge is 0.366 e. The monoisotopic (exact) mass is 408 g/mol. The van der Waals surface area contributed by atoms with E-state index in [1.807, 2.05) is 54.6 Å². The van der Waals surface area contributed by atoms with Crippen molar-refractivity contribution in [2.75, 3.05) is 11.4 Å². The molecule has 154 valence electrons. The number of imide groups is 1. The van der Waals surface area contributed by atoms with E-state index in [1.165, 1.54) is 16.0 Å². The second-order valence-electron chi connectivity index (χ2n) is 8.12. The van der Waals surface area contributed by atoms with Crippen LogP contribution in [0.5, 0.6) is 0 Å². The summed E-state index contributed by atoms with van der Waals surface area (Å²) in [6.45, 7) is 2.11. The third kappa shape index (κ3) is 3.89. The van der Waals surface area contributed by atoms with Crippen molar-refractivity contribution in [3.63, 3.8) is 0 Å². The van der Waals surface area contributed by atoms with Gasteiger partial charge in [0.15, 0.2) is 0 Å². The molecule has 0 spiro atoms. The Kier molecular flexibility index (Phi) is 5.13. The second kappa shape index (κ2) is 8.23. The van der Waals surface area contributed by atoms with E-state index in [4.69, 9.17) is 0 Å². The zero-order valence-corrected chi connectivity index (χ0v) is 17.3. The molecule has 0 unspecified atom stereocenters. The summed E-state index contributed by atoms with van der Waals surface area (Å²) >= 11 is 0. The molecule has 2 amide bonds. The van der Waals surface area contributed by atoms with Crippen molar-refractivity contribution < 1.29 is 9.59 Å². The van der Waals surface area contributed by atoms with E-state index in [0.29, 0.717) is 12.1 Å². The second-order valence-corrected chi connectivity index (χ2v) is 8.12. The third-order valence-electron chi connectivity index (χ3n) is 6.08. The summed E-state index contributed by atoms with van der Waals surface area (Å²) in [5.41, 5.74) is 6.36. The number of amides is 2. The standard InChI is InChI=1S/C27H24N2O2/c30-26-17-24(27(31)29(26)18-20-8-2-1-3-9-20)16-22-11-6-7-13-25(22)28-15-14-21-10-4-5-12-23(21)19-28/h1-13,16H,14-15,17-19H2/b24-16+. The summed E-state index contributed by atoms with van der Waals surface area (Å²) in [5.74, 6) is -0.322. The Labute approximate surface area is 182 Å². The van der Waals surface area contributed by atoms with Crippen LogP contribution >= 0.6 is 0 Å². The van der Waals surface area contributed by atoms with Crippen molar-refractivity contribution in [3.8, 4) is 0 Å². The lowest BCUT2D eigenvalue weighted by Gasteiger charge is -2.32. The smallest absolute Gasteiger partial charge is 0.257 e. The van der Waals surface area contributed by atoms with E-state index in [1.54, 1.807) is 0 Å². The molecule has 0 bridgehead atoms. The Balaban J connectivity index is 1.40. The molecule has 3 aromatic carbocycles. The highest BCUT2D eigenvalue weighted by molar-refractivity contribution is 6.15. The van der Waals surface area contributed by atoms with E-state index < -0.39 is 0 Å². The van der Waals surface area contributed by atoms with E-state index in [-0.39, 0.29) is 18.2 Å². The molecule has 1 fully saturated rings. The molecule has 0 radical (unpaired) electrons. The number of anilines is 1. The molecule has 0 saturated carbocycles. The first kappa shape index (κ1) is 19.3. The van der Waals surface area contributed by atoms with Crippen molar-refractivity contribution in [2.24, 2.45) is 0 Å². The minimum Gasteiger partial charge on any atom is -0.366 e. The minimum absolute atomic E-state index is 0.135. The minimum atomic E-state index is -0.187. The van der Waals surface area contributed by atoms with Gasteiger partial charge in [0.1, 0.15) is 0 Å². The third-order valence-corrected chi connectivity index (χ3v) is 6.08. The zero-order chi connectivity index (χ0) is 21.2. The molecule has 0 atom stereocenters. The van der Waals surface area contributed by atoms with Crippen LogP contribution in [-0.2, 0) is 29.1 Å².